The second-order valence-electron chi connectivity index (χ2n) is 5.47. The van der Waals surface area contributed by atoms with Crippen LogP contribution in [0.15, 0.2) is 18.2 Å². The summed E-state index contributed by atoms with van der Waals surface area (Å²) in [4.78, 5) is 0. The molecule has 0 saturated heterocycles. The van der Waals surface area contributed by atoms with E-state index in [1.807, 2.05) is 0 Å². The van der Waals surface area contributed by atoms with Crippen LogP contribution < -0.4 is 5.32 Å². The van der Waals surface area contributed by atoms with Gasteiger partial charge in [0.2, 0.25) is 0 Å². The SMILES string of the molecule is CCC(C)NC[C@@H](O)c1ccc2c(c1)CCCC2.Cl. The van der Waals surface area contributed by atoms with Crippen LogP contribution in [0.3, 0.4) is 0 Å². The fraction of sp³-hybridized carbons (Fsp3) is 0.625. The Morgan fingerprint density at radius 1 is 1.21 bits per heavy atom. The van der Waals surface area contributed by atoms with Gasteiger partial charge in [0.1, 0.15) is 0 Å². The van der Waals surface area contributed by atoms with Crippen molar-refractivity contribution in [3.63, 3.8) is 0 Å². The van der Waals surface area contributed by atoms with Crippen molar-refractivity contribution < 1.29 is 5.11 Å². The van der Waals surface area contributed by atoms with E-state index in [1.54, 1.807) is 0 Å². The lowest BCUT2D eigenvalue weighted by Crippen LogP contribution is -2.29. The molecule has 1 aromatic rings. The molecule has 0 saturated carbocycles. The number of aliphatic hydroxyl groups is 1. The van der Waals surface area contributed by atoms with Crippen molar-refractivity contribution in [2.45, 2.75) is 58.1 Å². The molecule has 1 unspecified atom stereocenters. The van der Waals surface area contributed by atoms with E-state index in [0.717, 1.165) is 12.0 Å². The average Bonchev–Trinajstić information content (AvgIpc) is 2.43. The topological polar surface area (TPSA) is 32.3 Å². The normalized spacial score (nSPS) is 17.2. The minimum atomic E-state index is -0.383. The molecule has 0 fully saturated rings. The molecule has 1 aromatic carbocycles. The molecule has 0 spiro atoms. The minimum Gasteiger partial charge on any atom is -0.387 e. The van der Waals surface area contributed by atoms with Crippen molar-refractivity contribution in [1.29, 1.82) is 0 Å². The highest BCUT2D eigenvalue weighted by atomic mass is 35.5. The molecular formula is C16H26ClNO. The van der Waals surface area contributed by atoms with E-state index >= 15 is 0 Å². The van der Waals surface area contributed by atoms with Crippen LogP contribution in [-0.4, -0.2) is 17.7 Å². The van der Waals surface area contributed by atoms with Crippen molar-refractivity contribution >= 4 is 12.4 Å². The average molecular weight is 284 g/mol. The van der Waals surface area contributed by atoms with Gasteiger partial charge >= 0.3 is 0 Å². The second kappa shape index (κ2) is 7.88. The van der Waals surface area contributed by atoms with Gasteiger partial charge in [-0.05, 0) is 55.7 Å². The van der Waals surface area contributed by atoms with Gasteiger partial charge in [-0.2, -0.15) is 0 Å². The fourth-order valence-electron chi connectivity index (χ4n) is 2.54. The van der Waals surface area contributed by atoms with E-state index in [9.17, 15) is 5.11 Å². The van der Waals surface area contributed by atoms with Crippen LogP contribution in [0.1, 0.15) is 55.9 Å². The largest absolute Gasteiger partial charge is 0.387 e. The summed E-state index contributed by atoms with van der Waals surface area (Å²) >= 11 is 0. The Labute approximate surface area is 123 Å². The molecule has 2 nitrogen and oxygen atoms in total. The summed E-state index contributed by atoms with van der Waals surface area (Å²) in [5.41, 5.74) is 3.99. The third-order valence-corrected chi connectivity index (χ3v) is 4.03. The summed E-state index contributed by atoms with van der Waals surface area (Å²) in [6.07, 6.45) is 5.69. The third-order valence-electron chi connectivity index (χ3n) is 4.03. The summed E-state index contributed by atoms with van der Waals surface area (Å²) in [6, 6.07) is 6.97. The molecule has 0 aliphatic heterocycles. The maximum Gasteiger partial charge on any atom is 0.0914 e. The van der Waals surface area contributed by atoms with Gasteiger partial charge in [0, 0.05) is 12.6 Å². The number of aryl methyl sites for hydroxylation is 2. The Balaban J connectivity index is 0.00000180. The van der Waals surface area contributed by atoms with Crippen LogP contribution >= 0.6 is 12.4 Å². The first-order chi connectivity index (χ1) is 8.70. The van der Waals surface area contributed by atoms with Crippen LogP contribution in [-0.2, 0) is 12.8 Å². The van der Waals surface area contributed by atoms with E-state index in [2.05, 4.69) is 37.4 Å². The quantitative estimate of drug-likeness (QED) is 0.868. The molecule has 0 heterocycles. The first kappa shape index (κ1) is 16.5. The van der Waals surface area contributed by atoms with Crippen molar-refractivity contribution in [2.24, 2.45) is 0 Å². The molecule has 0 bridgehead atoms. The first-order valence-electron chi connectivity index (χ1n) is 7.24. The maximum atomic E-state index is 10.2. The molecule has 2 N–H and O–H groups in total. The highest BCUT2D eigenvalue weighted by Crippen LogP contribution is 2.24. The van der Waals surface area contributed by atoms with Crippen LogP contribution in [0.5, 0.6) is 0 Å². The minimum absolute atomic E-state index is 0. The van der Waals surface area contributed by atoms with E-state index in [4.69, 9.17) is 0 Å². The Bertz CT molecular complexity index is 394. The van der Waals surface area contributed by atoms with Crippen LogP contribution in [0.4, 0.5) is 0 Å². The van der Waals surface area contributed by atoms with Gasteiger partial charge < -0.3 is 10.4 Å². The standard InChI is InChI=1S/C16H25NO.ClH/c1-3-12(2)17-11-16(18)15-9-8-13-6-4-5-7-14(13)10-15;/h8-10,12,16-18H,3-7,11H2,1-2H3;1H/t12?,16-;/m1./s1. The van der Waals surface area contributed by atoms with E-state index < -0.39 is 0 Å². The highest BCUT2D eigenvalue weighted by Gasteiger charge is 2.13. The highest BCUT2D eigenvalue weighted by molar-refractivity contribution is 5.85. The summed E-state index contributed by atoms with van der Waals surface area (Å²) in [5.74, 6) is 0. The van der Waals surface area contributed by atoms with Gasteiger partial charge in [-0.15, -0.1) is 12.4 Å². The molecule has 19 heavy (non-hydrogen) atoms. The third kappa shape index (κ3) is 4.48. The predicted molar refractivity (Wildman–Crippen MR) is 83.0 cm³/mol. The van der Waals surface area contributed by atoms with Gasteiger partial charge in [0.05, 0.1) is 6.10 Å². The fourth-order valence-corrected chi connectivity index (χ4v) is 2.54. The summed E-state index contributed by atoms with van der Waals surface area (Å²) in [7, 11) is 0. The van der Waals surface area contributed by atoms with Gasteiger partial charge in [-0.25, -0.2) is 0 Å². The smallest absolute Gasteiger partial charge is 0.0914 e. The zero-order chi connectivity index (χ0) is 13.0. The number of fused-ring (bicyclic) bond motifs is 1. The van der Waals surface area contributed by atoms with Crippen molar-refractivity contribution in [3.05, 3.63) is 34.9 Å². The molecule has 2 rings (SSSR count). The van der Waals surface area contributed by atoms with Crippen molar-refractivity contribution in [1.82, 2.24) is 5.32 Å². The summed E-state index contributed by atoms with van der Waals surface area (Å²) < 4.78 is 0. The molecule has 0 aromatic heterocycles. The van der Waals surface area contributed by atoms with Crippen LogP contribution in [0.25, 0.3) is 0 Å². The Morgan fingerprint density at radius 2 is 1.89 bits per heavy atom. The first-order valence-corrected chi connectivity index (χ1v) is 7.24. The monoisotopic (exact) mass is 283 g/mol. The number of hydrogen-bond acceptors (Lipinski definition) is 2. The molecular weight excluding hydrogens is 258 g/mol. The lowest BCUT2D eigenvalue weighted by atomic mass is 9.89. The van der Waals surface area contributed by atoms with Gasteiger partial charge in [-0.3, -0.25) is 0 Å². The Morgan fingerprint density at radius 3 is 2.58 bits per heavy atom. The lowest BCUT2D eigenvalue weighted by molar-refractivity contribution is 0.170. The lowest BCUT2D eigenvalue weighted by Gasteiger charge is -2.20. The molecule has 3 heteroatoms. The number of halogens is 1. The van der Waals surface area contributed by atoms with E-state index in [1.165, 1.54) is 36.8 Å². The number of nitrogens with one attached hydrogen (secondary N) is 1. The van der Waals surface area contributed by atoms with E-state index in [0.29, 0.717) is 12.6 Å². The molecule has 1 aliphatic carbocycles. The predicted octanol–water partition coefficient (Wildman–Crippen LogP) is 3.41. The Kier molecular flexibility index (Phi) is 6.84. The maximum absolute atomic E-state index is 10.2. The van der Waals surface area contributed by atoms with Crippen molar-refractivity contribution in [2.75, 3.05) is 6.54 Å². The molecule has 108 valence electrons. The summed E-state index contributed by atoms with van der Waals surface area (Å²) in [6.45, 7) is 4.95. The molecule has 2 atom stereocenters. The van der Waals surface area contributed by atoms with Crippen LogP contribution in [0.2, 0.25) is 0 Å². The summed E-state index contributed by atoms with van der Waals surface area (Å²) in [5, 5.41) is 13.6. The number of aliphatic hydroxyl groups excluding tert-OH is 1. The van der Waals surface area contributed by atoms with Crippen LogP contribution in [0, 0.1) is 0 Å². The zero-order valence-corrected chi connectivity index (χ0v) is 12.8. The van der Waals surface area contributed by atoms with E-state index in [-0.39, 0.29) is 18.5 Å². The van der Waals surface area contributed by atoms with Gasteiger partial charge in [0.25, 0.3) is 0 Å². The zero-order valence-electron chi connectivity index (χ0n) is 12.0. The Hall–Kier alpha value is -0.570. The molecule has 1 aliphatic rings. The number of benzene rings is 1. The second-order valence-corrected chi connectivity index (χ2v) is 5.47. The molecule has 0 radical (unpaired) electrons. The van der Waals surface area contributed by atoms with Gasteiger partial charge in [-0.1, -0.05) is 25.1 Å². The van der Waals surface area contributed by atoms with Gasteiger partial charge in [0.15, 0.2) is 0 Å². The number of rotatable bonds is 5. The molecule has 0 amide bonds. The van der Waals surface area contributed by atoms with Crippen molar-refractivity contribution in [3.8, 4) is 0 Å². The number of hydrogen-bond donors (Lipinski definition) is 2.